The van der Waals surface area contributed by atoms with Gasteiger partial charge in [0.05, 0.1) is 0 Å². The van der Waals surface area contributed by atoms with E-state index in [0.29, 0.717) is 11.8 Å². The molecule has 0 heterocycles. The summed E-state index contributed by atoms with van der Waals surface area (Å²) in [5, 5.41) is 2.94. The van der Waals surface area contributed by atoms with Crippen molar-refractivity contribution in [3.05, 3.63) is 0 Å². The molecule has 0 aromatic rings. The fraction of sp³-hybridized carbons (Fsp3) is 0.923. The number of ether oxygens (including phenoxy) is 1. The normalized spacial score (nSPS) is 14.1. The lowest BCUT2D eigenvalue weighted by molar-refractivity contribution is 0.0483. The van der Waals surface area contributed by atoms with E-state index in [-0.39, 0.29) is 12.1 Å². The highest BCUT2D eigenvalue weighted by Crippen LogP contribution is 2.14. The second-order valence-corrected chi connectivity index (χ2v) is 6.13. The second-order valence-electron chi connectivity index (χ2n) is 6.13. The average molecular weight is 229 g/mol. The van der Waals surface area contributed by atoms with Crippen molar-refractivity contribution in [3.63, 3.8) is 0 Å². The van der Waals surface area contributed by atoms with Gasteiger partial charge in [-0.05, 0) is 39.0 Å². The van der Waals surface area contributed by atoms with E-state index in [1.165, 1.54) is 0 Å². The van der Waals surface area contributed by atoms with Gasteiger partial charge in [-0.15, -0.1) is 0 Å². The van der Waals surface area contributed by atoms with Crippen LogP contribution in [0.4, 0.5) is 4.79 Å². The lowest BCUT2D eigenvalue weighted by Crippen LogP contribution is -2.42. The molecule has 0 aliphatic rings. The summed E-state index contributed by atoms with van der Waals surface area (Å²) < 4.78 is 5.25. The van der Waals surface area contributed by atoms with Crippen LogP contribution < -0.4 is 5.32 Å². The second kappa shape index (κ2) is 6.12. The number of alkyl carbamates (subject to hydrolysis) is 1. The average Bonchev–Trinajstić information content (AvgIpc) is 1.97. The Morgan fingerprint density at radius 3 is 2.00 bits per heavy atom. The molecule has 0 saturated heterocycles. The zero-order valence-electron chi connectivity index (χ0n) is 11.8. The Morgan fingerprint density at radius 1 is 1.19 bits per heavy atom. The standard InChI is InChI=1S/C13H27NO2/c1-9(2)8-11(10(3)4)14-12(15)16-13(5,6)7/h9-11H,8H2,1-7H3,(H,14,15)/t11-/m0/s1. The largest absolute Gasteiger partial charge is 0.444 e. The first-order valence-electron chi connectivity index (χ1n) is 6.11. The summed E-state index contributed by atoms with van der Waals surface area (Å²) >= 11 is 0. The molecule has 0 aliphatic heterocycles. The molecule has 0 saturated carbocycles. The van der Waals surface area contributed by atoms with Gasteiger partial charge >= 0.3 is 6.09 Å². The molecule has 3 nitrogen and oxygen atoms in total. The van der Waals surface area contributed by atoms with Gasteiger partial charge in [-0.2, -0.15) is 0 Å². The zero-order valence-corrected chi connectivity index (χ0v) is 11.8. The van der Waals surface area contributed by atoms with E-state index in [2.05, 4.69) is 33.0 Å². The Kier molecular flexibility index (Phi) is 5.84. The van der Waals surface area contributed by atoms with E-state index in [1.807, 2.05) is 20.8 Å². The van der Waals surface area contributed by atoms with E-state index in [0.717, 1.165) is 6.42 Å². The Hall–Kier alpha value is -0.730. The van der Waals surface area contributed by atoms with Crippen molar-refractivity contribution >= 4 is 6.09 Å². The van der Waals surface area contributed by atoms with Gasteiger partial charge in [0, 0.05) is 6.04 Å². The van der Waals surface area contributed by atoms with Gasteiger partial charge in [-0.25, -0.2) is 4.79 Å². The minimum absolute atomic E-state index is 0.190. The number of rotatable bonds is 4. The van der Waals surface area contributed by atoms with Crippen molar-refractivity contribution in [1.29, 1.82) is 0 Å². The first kappa shape index (κ1) is 15.3. The summed E-state index contributed by atoms with van der Waals surface area (Å²) in [7, 11) is 0. The molecular weight excluding hydrogens is 202 g/mol. The maximum atomic E-state index is 11.6. The van der Waals surface area contributed by atoms with Crippen LogP contribution in [0.2, 0.25) is 0 Å². The fourth-order valence-corrected chi connectivity index (χ4v) is 1.46. The number of nitrogens with one attached hydrogen (secondary N) is 1. The Morgan fingerprint density at radius 2 is 1.69 bits per heavy atom. The smallest absolute Gasteiger partial charge is 0.407 e. The van der Waals surface area contributed by atoms with Crippen LogP contribution in [0, 0.1) is 11.8 Å². The van der Waals surface area contributed by atoms with Crippen molar-refractivity contribution in [2.75, 3.05) is 0 Å². The molecule has 0 rings (SSSR count). The van der Waals surface area contributed by atoms with Crippen molar-refractivity contribution in [2.45, 2.75) is 66.5 Å². The lowest BCUT2D eigenvalue weighted by atomic mass is 9.95. The third-order valence-electron chi connectivity index (χ3n) is 2.23. The maximum Gasteiger partial charge on any atom is 0.407 e. The predicted molar refractivity (Wildman–Crippen MR) is 67.5 cm³/mol. The van der Waals surface area contributed by atoms with Gasteiger partial charge in [-0.1, -0.05) is 27.7 Å². The molecule has 0 aliphatic carbocycles. The van der Waals surface area contributed by atoms with Crippen LogP contribution in [-0.4, -0.2) is 17.7 Å². The van der Waals surface area contributed by atoms with Crippen LogP contribution in [0.3, 0.4) is 0 Å². The molecule has 1 N–H and O–H groups in total. The van der Waals surface area contributed by atoms with Gasteiger partial charge in [-0.3, -0.25) is 0 Å². The number of carbonyl (C=O) groups is 1. The van der Waals surface area contributed by atoms with E-state index in [1.54, 1.807) is 0 Å². The van der Waals surface area contributed by atoms with Crippen LogP contribution in [0.5, 0.6) is 0 Å². The summed E-state index contributed by atoms with van der Waals surface area (Å²) in [6, 6.07) is 0.190. The number of amides is 1. The third-order valence-corrected chi connectivity index (χ3v) is 2.23. The van der Waals surface area contributed by atoms with E-state index < -0.39 is 5.60 Å². The van der Waals surface area contributed by atoms with Gasteiger partial charge in [0.25, 0.3) is 0 Å². The molecule has 0 aromatic heterocycles. The van der Waals surface area contributed by atoms with Crippen LogP contribution in [0.25, 0.3) is 0 Å². The Balaban J connectivity index is 4.24. The van der Waals surface area contributed by atoms with Crippen molar-refractivity contribution in [2.24, 2.45) is 11.8 Å². The third kappa shape index (κ3) is 7.55. The Bertz CT molecular complexity index is 216. The first-order valence-corrected chi connectivity index (χ1v) is 6.11. The summed E-state index contributed by atoms with van der Waals surface area (Å²) in [6.07, 6.45) is 0.670. The zero-order chi connectivity index (χ0) is 12.9. The van der Waals surface area contributed by atoms with E-state index in [4.69, 9.17) is 4.74 Å². The van der Waals surface area contributed by atoms with Crippen LogP contribution in [-0.2, 0) is 4.74 Å². The molecule has 3 heteroatoms. The molecule has 1 amide bonds. The van der Waals surface area contributed by atoms with Crippen molar-refractivity contribution in [3.8, 4) is 0 Å². The molecule has 0 unspecified atom stereocenters. The fourth-order valence-electron chi connectivity index (χ4n) is 1.46. The number of carbonyl (C=O) groups excluding carboxylic acids is 1. The van der Waals surface area contributed by atoms with Crippen molar-refractivity contribution in [1.82, 2.24) is 5.32 Å². The molecule has 1 atom stereocenters. The van der Waals surface area contributed by atoms with Gasteiger partial charge in [0.1, 0.15) is 5.60 Å². The molecule has 0 spiro atoms. The molecule has 16 heavy (non-hydrogen) atoms. The van der Waals surface area contributed by atoms with Crippen LogP contribution >= 0.6 is 0 Å². The number of hydrogen-bond donors (Lipinski definition) is 1. The van der Waals surface area contributed by atoms with Crippen LogP contribution in [0.15, 0.2) is 0 Å². The highest BCUT2D eigenvalue weighted by Gasteiger charge is 2.21. The summed E-state index contributed by atoms with van der Waals surface area (Å²) in [4.78, 5) is 11.6. The van der Waals surface area contributed by atoms with Gasteiger partial charge in [0.2, 0.25) is 0 Å². The van der Waals surface area contributed by atoms with E-state index in [9.17, 15) is 4.79 Å². The quantitative estimate of drug-likeness (QED) is 0.800. The van der Waals surface area contributed by atoms with Crippen LogP contribution in [0.1, 0.15) is 54.9 Å². The molecular formula is C13H27NO2. The predicted octanol–water partition coefficient (Wildman–Crippen LogP) is 3.58. The minimum atomic E-state index is -0.427. The molecule has 0 radical (unpaired) electrons. The molecule has 96 valence electrons. The minimum Gasteiger partial charge on any atom is -0.444 e. The first-order chi connectivity index (χ1) is 7.11. The summed E-state index contributed by atoms with van der Waals surface area (Å²) in [5.41, 5.74) is -0.427. The van der Waals surface area contributed by atoms with Gasteiger partial charge < -0.3 is 10.1 Å². The van der Waals surface area contributed by atoms with Gasteiger partial charge in [0.15, 0.2) is 0 Å². The topological polar surface area (TPSA) is 38.3 Å². The van der Waals surface area contributed by atoms with E-state index >= 15 is 0 Å². The van der Waals surface area contributed by atoms with Crippen molar-refractivity contribution < 1.29 is 9.53 Å². The highest BCUT2D eigenvalue weighted by molar-refractivity contribution is 5.68. The maximum absolute atomic E-state index is 11.6. The lowest BCUT2D eigenvalue weighted by Gasteiger charge is -2.26. The molecule has 0 aromatic carbocycles. The SMILES string of the molecule is CC(C)C[C@H](NC(=O)OC(C)(C)C)C(C)C. The Labute approximate surface area is 99.9 Å². The highest BCUT2D eigenvalue weighted by atomic mass is 16.6. The molecule has 0 bridgehead atoms. The summed E-state index contributed by atoms with van der Waals surface area (Å²) in [5.74, 6) is 0.997. The summed E-state index contributed by atoms with van der Waals surface area (Å²) in [6.45, 7) is 14.2. The number of hydrogen-bond acceptors (Lipinski definition) is 2. The monoisotopic (exact) mass is 229 g/mol. The molecule has 0 fully saturated rings.